The first-order valence-electron chi connectivity index (χ1n) is 5.29. The van der Waals surface area contributed by atoms with E-state index in [2.05, 4.69) is 0 Å². The molecular weight excluding hydrogens is 251 g/mol. The number of likely N-dealkylation sites (N-methyl/N-ethyl adjacent to an activating group) is 2. The lowest BCUT2D eigenvalue weighted by Gasteiger charge is -2.24. The van der Waals surface area contributed by atoms with Gasteiger partial charge in [-0.05, 0) is 14.0 Å². The molecule has 0 fully saturated rings. The molecule has 0 aliphatic heterocycles. The summed E-state index contributed by atoms with van der Waals surface area (Å²) in [7, 11) is 4.62. The maximum absolute atomic E-state index is 11.9. The molecule has 0 saturated carbocycles. The summed E-state index contributed by atoms with van der Waals surface area (Å²) in [6.07, 6.45) is -4.44. The summed E-state index contributed by atoms with van der Waals surface area (Å²) >= 11 is 0. The van der Waals surface area contributed by atoms with Gasteiger partial charge in [0, 0.05) is 14.1 Å². The summed E-state index contributed by atoms with van der Waals surface area (Å²) in [6.45, 7) is 0.0356. The highest BCUT2D eigenvalue weighted by Gasteiger charge is 2.29. The van der Waals surface area contributed by atoms with E-state index in [1.807, 2.05) is 0 Å². The molecule has 0 aromatic rings. The number of rotatable bonds is 5. The fraction of sp³-hybridized carbons (Fsp3) is 0.800. The Kier molecular flexibility index (Phi) is 6.10. The lowest BCUT2D eigenvalue weighted by Crippen LogP contribution is -2.48. The van der Waals surface area contributed by atoms with Crippen molar-refractivity contribution in [1.29, 1.82) is 0 Å². The second-order valence-corrected chi connectivity index (χ2v) is 4.21. The highest BCUT2D eigenvalue weighted by Crippen LogP contribution is 2.12. The van der Waals surface area contributed by atoms with Crippen molar-refractivity contribution in [2.45, 2.75) is 19.1 Å². The lowest BCUT2D eigenvalue weighted by molar-refractivity contribution is -0.142. The van der Waals surface area contributed by atoms with Crippen molar-refractivity contribution in [3.8, 4) is 0 Å². The van der Waals surface area contributed by atoms with Gasteiger partial charge in [-0.1, -0.05) is 0 Å². The van der Waals surface area contributed by atoms with Crippen LogP contribution < -0.4 is 5.32 Å². The van der Waals surface area contributed by atoms with Crippen LogP contribution >= 0.6 is 0 Å². The van der Waals surface area contributed by atoms with Crippen LogP contribution in [-0.4, -0.2) is 68.1 Å². The zero-order valence-corrected chi connectivity index (χ0v) is 10.8. The minimum atomic E-state index is -4.44. The van der Waals surface area contributed by atoms with Crippen molar-refractivity contribution in [2.24, 2.45) is 0 Å². The molecule has 0 aliphatic rings. The fourth-order valence-corrected chi connectivity index (χ4v) is 1.03. The Labute approximate surface area is 104 Å². The number of amides is 2. The molecule has 106 valence electrons. The van der Waals surface area contributed by atoms with Crippen LogP contribution in [0.2, 0.25) is 0 Å². The molecule has 2 amide bonds. The van der Waals surface area contributed by atoms with Crippen LogP contribution in [0.3, 0.4) is 0 Å². The Morgan fingerprint density at radius 3 is 2.11 bits per heavy atom. The van der Waals surface area contributed by atoms with Gasteiger partial charge in [0.15, 0.2) is 0 Å². The highest BCUT2D eigenvalue weighted by atomic mass is 19.4. The molecule has 1 unspecified atom stereocenters. The molecule has 0 aliphatic carbocycles. The second kappa shape index (κ2) is 6.58. The lowest BCUT2D eigenvalue weighted by atomic mass is 10.2. The van der Waals surface area contributed by atoms with Gasteiger partial charge < -0.3 is 10.2 Å². The predicted molar refractivity (Wildman–Crippen MR) is 59.9 cm³/mol. The number of carbonyl (C=O) groups excluding carboxylic acids is 2. The number of hydrogen-bond donors (Lipinski definition) is 1. The second-order valence-electron chi connectivity index (χ2n) is 4.21. The predicted octanol–water partition coefficient (Wildman–Crippen LogP) is 0.0734. The molecule has 1 atom stereocenters. The van der Waals surface area contributed by atoms with Crippen molar-refractivity contribution >= 4 is 11.8 Å². The first kappa shape index (κ1) is 16.7. The van der Waals surface area contributed by atoms with Gasteiger partial charge in [0.1, 0.15) is 6.54 Å². The van der Waals surface area contributed by atoms with Crippen LogP contribution in [0.5, 0.6) is 0 Å². The minimum absolute atomic E-state index is 0.0341. The minimum Gasteiger partial charge on any atom is -0.348 e. The van der Waals surface area contributed by atoms with Crippen LogP contribution in [0.25, 0.3) is 0 Å². The topological polar surface area (TPSA) is 52.7 Å². The Bertz CT molecular complexity index is 305. The first-order valence-corrected chi connectivity index (χ1v) is 5.29. The van der Waals surface area contributed by atoms with E-state index in [4.69, 9.17) is 0 Å². The molecule has 0 bridgehead atoms. The average Bonchev–Trinajstić information content (AvgIpc) is 2.23. The van der Waals surface area contributed by atoms with E-state index in [1.165, 1.54) is 23.8 Å². The molecule has 0 heterocycles. The molecule has 0 aromatic carbocycles. The van der Waals surface area contributed by atoms with Crippen molar-refractivity contribution in [3.63, 3.8) is 0 Å². The average molecular weight is 269 g/mol. The van der Waals surface area contributed by atoms with E-state index < -0.39 is 24.7 Å². The SMILES string of the molecule is CC(C(=O)NCC(F)(F)F)N(C)CC(=O)N(C)C. The van der Waals surface area contributed by atoms with Crippen molar-refractivity contribution < 1.29 is 22.8 Å². The molecular formula is C10H18F3N3O2. The largest absolute Gasteiger partial charge is 0.405 e. The molecule has 1 N–H and O–H groups in total. The third-order valence-corrected chi connectivity index (χ3v) is 2.39. The van der Waals surface area contributed by atoms with Crippen LogP contribution in [-0.2, 0) is 9.59 Å². The van der Waals surface area contributed by atoms with Crippen LogP contribution in [0, 0.1) is 0 Å². The summed E-state index contributed by atoms with van der Waals surface area (Å²) in [4.78, 5) is 25.5. The summed E-state index contributed by atoms with van der Waals surface area (Å²) in [5, 5.41) is 1.78. The number of nitrogens with zero attached hydrogens (tertiary/aromatic N) is 2. The Hall–Kier alpha value is -1.31. The van der Waals surface area contributed by atoms with E-state index in [9.17, 15) is 22.8 Å². The van der Waals surface area contributed by atoms with Crippen molar-refractivity contribution in [1.82, 2.24) is 15.1 Å². The highest BCUT2D eigenvalue weighted by molar-refractivity contribution is 5.83. The van der Waals surface area contributed by atoms with Crippen LogP contribution in [0.15, 0.2) is 0 Å². The molecule has 0 radical (unpaired) electrons. The van der Waals surface area contributed by atoms with Gasteiger partial charge in [0.25, 0.3) is 0 Å². The Morgan fingerprint density at radius 1 is 1.22 bits per heavy atom. The maximum Gasteiger partial charge on any atom is 0.405 e. The van der Waals surface area contributed by atoms with Gasteiger partial charge >= 0.3 is 6.18 Å². The van der Waals surface area contributed by atoms with E-state index in [0.29, 0.717) is 0 Å². The third kappa shape index (κ3) is 6.43. The standard InChI is InChI=1S/C10H18F3N3O2/c1-7(9(18)14-6-10(11,12)13)16(4)5-8(17)15(2)3/h7H,5-6H2,1-4H3,(H,14,18). The zero-order valence-electron chi connectivity index (χ0n) is 10.8. The number of hydrogen-bond acceptors (Lipinski definition) is 3. The molecule has 0 rings (SSSR count). The zero-order chi connectivity index (χ0) is 14.5. The number of carbonyl (C=O) groups is 2. The first-order chi connectivity index (χ1) is 8.04. The molecule has 0 spiro atoms. The Morgan fingerprint density at radius 2 is 1.72 bits per heavy atom. The van der Waals surface area contributed by atoms with Gasteiger partial charge in [-0.15, -0.1) is 0 Å². The van der Waals surface area contributed by atoms with Gasteiger partial charge in [-0.25, -0.2) is 0 Å². The summed E-state index contributed by atoms with van der Waals surface area (Å²) in [5.74, 6) is -0.991. The number of nitrogens with one attached hydrogen (secondary N) is 1. The summed E-state index contributed by atoms with van der Waals surface area (Å²) < 4.78 is 35.7. The number of halogens is 3. The van der Waals surface area contributed by atoms with Gasteiger partial charge in [-0.3, -0.25) is 14.5 Å². The smallest absolute Gasteiger partial charge is 0.348 e. The van der Waals surface area contributed by atoms with Gasteiger partial charge in [-0.2, -0.15) is 13.2 Å². The van der Waals surface area contributed by atoms with Gasteiger partial charge in [0.2, 0.25) is 11.8 Å². The van der Waals surface area contributed by atoms with Crippen molar-refractivity contribution in [2.75, 3.05) is 34.2 Å². The quantitative estimate of drug-likeness (QED) is 0.768. The summed E-state index contributed by atoms with van der Waals surface area (Å²) in [6, 6.07) is -0.809. The molecule has 0 aromatic heterocycles. The van der Waals surface area contributed by atoms with E-state index in [-0.39, 0.29) is 12.5 Å². The Balaban J connectivity index is 4.25. The van der Waals surface area contributed by atoms with E-state index >= 15 is 0 Å². The van der Waals surface area contributed by atoms with Crippen molar-refractivity contribution in [3.05, 3.63) is 0 Å². The summed E-state index contributed by atoms with van der Waals surface area (Å²) in [5.41, 5.74) is 0. The molecule has 5 nitrogen and oxygen atoms in total. The monoisotopic (exact) mass is 269 g/mol. The van der Waals surface area contributed by atoms with Crippen LogP contribution in [0.4, 0.5) is 13.2 Å². The maximum atomic E-state index is 11.9. The fourth-order valence-electron chi connectivity index (χ4n) is 1.03. The third-order valence-electron chi connectivity index (χ3n) is 2.39. The molecule has 18 heavy (non-hydrogen) atoms. The number of alkyl halides is 3. The van der Waals surface area contributed by atoms with Crippen LogP contribution in [0.1, 0.15) is 6.92 Å². The normalized spacial score (nSPS) is 13.3. The molecule has 0 saturated heterocycles. The van der Waals surface area contributed by atoms with Gasteiger partial charge in [0.05, 0.1) is 12.6 Å². The van der Waals surface area contributed by atoms with E-state index in [0.717, 1.165) is 0 Å². The van der Waals surface area contributed by atoms with E-state index in [1.54, 1.807) is 19.4 Å². The molecule has 8 heteroatoms.